The fraction of sp³-hybridized carbons (Fsp3) is 0. The molecule has 0 aliphatic heterocycles. The van der Waals surface area contributed by atoms with Gasteiger partial charge in [0, 0.05) is 5.56 Å². The van der Waals surface area contributed by atoms with Gasteiger partial charge in [0.2, 0.25) is 0 Å². The number of hydrogen-bond acceptors (Lipinski definition) is 2. The molecule has 2 rings (SSSR count). The summed E-state index contributed by atoms with van der Waals surface area (Å²) in [5.41, 5.74) is 4.93. The maximum Gasteiger partial charge on any atom is 0.258 e. The highest BCUT2D eigenvalue weighted by Crippen LogP contribution is 2.18. The molecule has 0 atom stereocenters. The maximum absolute atomic E-state index is 13.8. The Morgan fingerprint density at radius 1 is 1.05 bits per heavy atom. The first-order valence-corrected chi connectivity index (χ1v) is 6.15. The number of rotatable bonds is 3. The summed E-state index contributed by atoms with van der Waals surface area (Å²) < 4.78 is 40.2. The molecule has 0 fully saturated rings. The smallest absolute Gasteiger partial charge is 0.258 e. The Bertz CT molecular complexity index is 734. The molecule has 0 unspecified atom stereocenters. The lowest BCUT2D eigenvalue weighted by Gasteiger charge is -2.08. The fourth-order valence-electron chi connectivity index (χ4n) is 1.63. The highest BCUT2D eigenvalue weighted by atomic mass is 32.1. The van der Waals surface area contributed by atoms with Crippen LogP contribution in [0.3, 0.4) is 0 Å². The van der Waals surface area contributed by atoms with Gasteiger partial charge in [-0.1, -0.05) is 12.2 Å². The second kappa shape index (κ2) is 5.92. The van der Waals surface area contributed by atoms with Crippen LogP contribution in [0.25, 0.3) is 0 Å². The summed E-state index contributed by atoms with van der Waals surface area (Å²) in [5, 5.41) is 2.16. The van der Waals surface area contributed by atoms with E-state index in [0.29, 0.717) is 0 Å². The van der Waals surface area contributed by atoms with Gasteiger partial charge in [0.05, 0.1) is 11.3 Å². The molecule has 0 aliphatic carbocycles. The molecule has 0 aromatic heterocycles. The van der Waals surface area contributed by atoms with E-state index in [2.05, 4.69) is 5.32 Å². The number of halogens is 3. The lowest BCUT2D eigenvalue weighted by Crippen LogP contribution is -2.16. The summed E-state index contributed by atoms with van der Waals surface area (Å²) in [6, 6.07) is 6.11. The lowest BCUT2D eigenvalue weighted by molar-refractivity contribution is 0.102. The maximum atomic E-state index is 13.8. The predicted octanol–water partition coefficient (Wildman–Crippen LogP) is 2.99. The molecule has 0 saturated carbocycles. The van der Waals surface area contributed by atoms with Gasteiger partial charge in [0.1, 0.15) is 22.4 Å². The van der Waals surface area contributed by atoms with Crippen LogP contribution in [0.5, 0.6) is 0 Å². The van der Waals surface area contributed by atoms with Crippen molar-refractivity contribution in [3.05, 3.63) is 65.0 Å². The van der Waals surface area contributed by atoms with Crippen molar-refractivity contribution in [2.75, 3.05) is 5.32 Å². The summed E-state index contributed by atoms with van der Waals surface area (Å²) in [6.07, 6.45) is 0. The molecular weight excluding hydrogens is 301 g/mol. The Morgan fingerprint density at radius 3 is 2.38 bits per heavy atom. The zero-order valence-electron chi connectivity index (χ0n) is 10.5. The summed E-state index contributed by atoms with van der Waals surface area (Å²) in [4.78, 5) is 11.8. The van der Waals surface area contributed by atoms with E-state index in [1.807, 2.05) is 0 Å². The number of nitrogens with one attached hydrogen (secondary N) is 1. The number of carbonyl (C=O) groups is 1. The van der Waals surface area contributed by atoms with Gasteiger partial charge in [-0.15, -0.1) is 0 Å². The van der Waals surface area contributed by atoms with E-state index in [1.54, 1.807) is 0 Å². The average molecular weight is 310 g/mol. The molecule has 0 bridgehead atoms. The Balaban J connectivity index is 2.27. The molecule has 1 amide bonds. The van der Waals surface area contributed by atoms with Crippen molar-refractivity contribution in [2.45, 2.75) is 0 Å². The zero-order valence-corrected chi connectivity index (χ0v) is 11.3. The first-order valence-electron chi connectivity index (χ1n) is 5.74. The molecule has 2 aromatic carbocycles. The van der Waals surface area contributed by atoms with Crippen molar-refractivity contribution in [2.24, 2.45) is 5.73 Å². The molecule has 3 N–H and O–H groups in total. The lowest BCUT2D eigenvalue weighted by atomic mass is 10.1. The van der Waals surface area contributed by atoms with Gasteiger partial charge in [-0.25, -0.2) is 13.2 Å². The number of carbonyl (C=O) groups excluding carboxylic acids is 1. The molecule has 2 aromatic rings. The SMILES string of the molecule is NC(=S)c1ccc(NC(=O)c2cc(F)ccc2F)c(F)c1. The molecule has 0 saturated heterocycles. The van der Waals surface area contributed by atoms with Gasteiger partial charge >= 0.3 is 0 Å². The van der Waals surface area contributed by atoms with E-state index in [0.717, 1.165) is 24.3 Å². The summed E-state index contributed by atoms with van der Waals surface area (Å²) in [5.74, 6) is -3.43. The highest BCUT2D eigenvalue weighted by Gasteiger charge is 2.15. The summed E-state index contributed by atoms with van der Waals surface area (Å²) >= 11 is 4.69. The van der Waals surface area contributed by atoms with E-state index in [9.17, 15) is 18.0 Å². The van der Waals surface area contributed by atoms with Gasteiger partial charge in [-0.05, 0) is 36.4 Å². The van der Waals surface area contributed by atoms with Gasteiger partial charge in [0.25, 0.3) is 5.91 Å². The number of hydrogen-bond donors (Lipinski definition) is 2. The fourth-order valence-corrected chi connectivity index (χ4v) is 1.76. The number of anilines is 1. The number of amides is 1. The van der Waals surface area contributed by atoms with Crippen molar-refractivity contribution in [3.8, 4) is 0 Å². The van der Waals surface area contributed by atoms with Gasteiger partial charge in [-0.3, -0.25) is 4.79 Å². The van der Waals surface area contributed by atoms with E-state index < -0.39 is 28.9 Å². The summed E-state index contributed by atoms with van der Waals surface area (Å²) in [7, 11) is 0. The van der Waals surface area contributed by atoms with Crippen LogP contribution < -0.4 is 11.1 Å². The zero-order chi connectivity index (χ0) is 15.6. The van der Waals surface area contributed by atoms with Gasteiger partial charge in [-0.2, -0.15) is 0 Å². The molecule has 108 valence electrons. The molecule has 0 spiro atoms. The largest absolute Gasteiger partial charge is 0.389 e. The Morgan fingerprint density at radius 2 is 1.76 bits per heavy atom. The average Bonchev–Trinajstić information content (AvgIpc) is 2.43. The van der Waals surface area contributed by atoms with Gasteiger partial charge < -0.3 is 11.1 Å². The molecule has 3 nitrogen and oxygen atoms in total. The van der Waals surface area contributed by atoms with Crippen molar-refractivity contribution < 1.29 is 18.0 Å². The highest BCUT2D eigenvalue weighted by molar-refractivity contribution is 7.80. The third kappa shape index (κ3) is 3.38. The minimum absolute atomic E-state index is 0.00273. The van der Waals surface area contributed by atoms with E-state index >= 15 is 0 Å². The molecular formula is C14H9F3N2OS. The van der Waals surface area contributed by atoms with E-state index in [-0.39, 0.29) is 16.2 Å². The Hall–Kier alpha value is -2.41. The van der Waals surface area contributed by atoms with Crippen LogP contribution in [-0.2, 0) is 0 Å². The minimum Gasteiger partial charge on any atom is -0.389 e. The molecule has 0 radical (unpaired) electrons. The van der Waals surface area contributed by atoms with Crippen LogP contribution in [0.15, 0.2) is 36.4 Å². The second-order valence-corrected chi connectivity index (χ2v) is 4.58. The monoisotopic (exact) mass is 310 g/mol. The van der Waals surface area contributed by atoms with Crippen LogP contribution in [0.1, 0.15) is 15.9 Å². The Kier molecular flexibility index (Phi) is 4.23. The van der Waals surface area contributed by atoms with Crippen LogP contribution in [0, 0.1) is 17.5 Å². The van der Waals surface area contributed by atoms with Crippen LogP contribution in [-0.4, -0.2) is 10.9 Å². The third-order valence-electron chi connectivity index (χ3n) is 2.67. The minimum atomic E-state index is -0.964. The number of benzene rings is 2. The van der Waals surface area contributed by atoms with Crippen molar-refractivity contribution in [3.63, 3.8) is 0 Å². The van der Waals surface area contributed by atoms with Crippen molar-refractivity contribution >= 4 is 28.8 Å². The summed E-state index contributed by atoms with van der Waals surface area (Å²) in [6.45, 7) is 0. The number of nitrogens with two attached hydrogens (primary N) is 1. The van der Waals surface area contributed by atoms with Crippen molar-refractivity contribution in [1.29, 1.82) is 0 Å². The van der Waals surface area contributed by atoms with E-state index in [1.165, 1.54) is 12.1 Å². The number of thiocarbonyl (C=S) groups is 1. The molecule has 7 heteroatoms. The Labute approximate surface area is 123 Å². The first kappa shape index (κ1) is 15.0. The first-order chi connectivity index (χ1) is 9.88. The van der Waals surface area contributed by atoms with Crippen molar-refractivity contribution in [1.82, 2.24) is 0 Å². The van der Waals surface area contributed by atoms with Gasteiger partial charge in [0.15, 0.2) is 0 Å². The normalized spacial score (nSPS) is 10.2. The second-order valence-electron chi connectivity index (χ2n) is 4.14. The standard InChI is InChI=1S/C14H9F3N2OS/c15-8-2-3-10(16)9(6-8)14(20)19-12-4-1-7(13(18)21)5-11(12)17/h1-6H,(H2,18,21)(H,19,20). The van der Waals surface area contributed by atoms with Crippen LogP contribution in [0.4, 0.5) is 18.9 Å². The molecule has 0 aliphatic rings. The third-order valence-corrected chi connectivity index (χ3v) is 2.91. The predicted molar refractivity (Wildman–Crippen MR) is 76.6 cm³/mol. The van der Waals surface area contributed by atoms with Crippen LogP contribution >= 0.6 is 12.2 Å². The molecule has 0 heterocycles. The quantitative estimate of drug-likeness (QED) is 0.857. The molecule has 21 heavy (non-hydrogen) atoms. The topological polar surface area (TPSA) is 55.1 Å². The van der Waals surface area contributed by atoms with E-state index in [4.69, 9.17) is 18.0 Å². The van der Waals surface area contributed by atoms with Crippen LogP contribution in [0.2, 0.25) is 0 Å².